The molecule has 0 heterocycles. The standard InChI is InChI=1S/C12H18N2O3/c1-9-6-12(7-9,8-13)11(16)14(2)5-4-10(15)17-3/h9H,4-7H2,1-3H3. The second kappa shape index (κ2) is 5.17. The third kappa shape index (κ3) is 2.76. The zero-order chi connectivity index (χ0) is 13.1. The molecule has 0 aromatic heterocycles. The summed E-state index contributed by atoms with van der Waals surface area (Å²) in [4.78, 5) is 24.5. The van der Waals surface area contributed by atoms with Gasteiger partial charge in [0.15, 0.2) is 0 Å². The molecular weight excluding hydrogens is 220 g/mol. The average Bonchev–Trinajstić information content (AvgIpc) is 2.30. The number of methoxy groups -OCH3 is 1. The van der Waals surface area contributed by atoms with Crippen molar-refractivity contribution in [2.75, 3.05) is 20.7 Å². The van der Waals surface area contributed by atoms with Crippen LogP contribution < -0.4 is 0 Å². The number of carbonyl (C=O) groups excluding carboxylic acids is 2. The van der Waals surface area contributed by atoms with Crippen LogP contribution in [-0.4, -0.2) is 37.5 Å². The molecule has 0 radical (unpaired) electrons. The molecule has 94 valence electrons. The zero-order valence-electron chi connectivity index (χ0n) is 10.5. The van der Waals surface area contributed by atoms with Crippen molar-refractivity contribution in [3.8, 4) is 6.07 Å². The molecule has 0 aliphatic heterocycles. The number of amides is 1. The van der Waals surface area contributed by atoms with E-state index in [1.54, 1.807) is 7.05 Å². The molecule has 5 heteroatoms. The van der Waals surface area contributed by atoms with Crippen LogP contribution in [0.25, 0.3) is 0 Å². The fraction of sp³-hybridized carbons (Fsp3) is 0.750. The van der Waals surface area contributed by atoms with Crippen molar-refractivity contribution in [2.45, 2.75) is 26.2 Å². The summed E-state index contributed by atoms with van der Waals surface area (Å²) >= 11 is 0. The number of hydrogen-bond donors (Lipinski definition) is 0. The third-order valence-electron chi connectivity index (χ3n) is 3.24. The van der Waals surface area contributed by atoms with E-state index in [2.05, 4.69) is 10.8 Å². The van der Waals surface area contributed by atoms with E-state index in [1.807, 2.05) is 6.92 Å². The Morgan fingerprint density at radius 2 is 2.12 bits per heavy atom. The Labute approximate surface area is 101 Å². The number of esters is 1. The van der Waals surface area contributed by atoms with Gasteiger partial charge in [0.1, 0.15) is 5.41 Å². The molecule has 1 fully saturated rings. The van der Waals surface area contributed by atoms with Gasteiger partial charge in [0.25, 0.3) is 0 Å². The maximum Gasteiger partial charge on any atom is 0.307 e. The largest absolute Gasteiger partial charge is 0.469 e. The average molecular weight is 238 g/mol. The fourth-order valence-electron chi connectivity index (χ4n) is 2.27. The lowest BCUT2D eigenvalue weighted by Gasteiger charge is -2.41. The number of carbonyl (C=O) groups is 2. The Kier molecular flexibility index (Phi) is 4.11. The van der Waals surface area contributed by atoms with Crippen molar-refractivity contribution in [3.05, 3.63) is 0 Å². The van der Waals surface area contributed by atoms with Gasteiger partial charge in [-0.1, -0.05) is 6.92 Å². The smallest absolute Gasteiger partial charge is 0.307 e. The lowest BCUT2D eigenvalue weighted by atomic mass is 9.63. The van der Waals surface area contributed by atoms with E-state index in [0.29, 0.717) is 25.3 Å². The lowest BCUT2D eigenvalue weighted by Crippen LogP contribution is -2.49. The van der Waals surface area contributed by atoms with Crippen LogP contribution in [0.1, 0.15) is 26.2 Å². The van der Waals surface area contributed by atoms with Crippen molar-refractivity contribution in [1.29, 1.82) is 5.26 Å². The predicted molar refractivity (Wildman–Crippen MR) is 60.7 cm³/mol. The second-order valence-corrected chi connectivity index (χ2v) is 4.76. The predicted octanol–water partition coefficient (Wildman–Crippen LogP) is 0.948. The van der Waals surface area contributed by atoms with E-state index in [0.717, 1.165) is 0 Å². The van der Waals surface area contributed by atoms with E-state index in [9.17, 15) is 9.59 Å². The quantitative estimate of drug-likeness (QED) is 0.684. The Morgan fingerprint density at radius 3 is 2.53 bits per heavy atom. The normalized spacial score (nSPS) is 26.6. The van der Waals surface area contributed by atoms with Crippen molar-refractivity contribution < 1.29 is 14.3 Å². The molecule has 5 nitrogen and oxygen atoms in total. The SMILES string of the molecule is COC(=O)CCN(C)C(=O)C1(C#N)CC(C)C1. The van der Waals surface area contributed by atoms with E-state index in [4.69, 9.17) is 5.26 Å². The van der Waals surface area contributed by atoms with Gasteiger partial charge in [-0.05, 0) is 18.8 Å². The van der Waals surface area contributed by atoms with Gasteiger partial charge in [-0.3, -0.25) is 9.59 Å². The van der Waals surface area contributed by atoms with Crippen molar-refractivity contribution >= 4 is 11.9 Å². The minimum atomic E-state index is -0.857. The van der Waals surface area contributed by atoms with E-state index < -0.39 is 5.41 Å². The Morgan fingerprint density at radius 1 is 1.53 bits per heavy atom. The molecule has 0 unspecified atom stereocenters. The first kappa shape index (κ1) is 13.5. The molecule has 0 aromatic carbocycles. The summed E-state index contributed by atoms with van der Waals surface area (Å²) in [6.45, 7) is 2.32. The van der Waals surface area contributed by atoms with E-state index in [1.165, 1.54) is 12.0 Å². The molecule has 0 spiro atoms. The number of hydrogen-bond acceptors (Lipinski definition) is 4. The van der Waals surface area contributed by atoms with Gasteiger partial charge >= 0.3 is 5.97 Å². The molecule has 0 saturated heterocycles. The summed E-state index contributed by atoms with van der Waals surface area (Å²) in [7, 11) is 2.93. The van der Waals surface area contributed by atoms with Crippen molar-refractivity contribution in [1.82, 2.24) is 4.90 Å². The Hall–Kier alpha value is -1.57. The van der Waals surface area contributed by atoms with Gasteiger partial charge in [0.05, 0.1) is 19.6 Å². The van der Waals surface area contributed by atoms with Gasteiger partial charge in [0, 0.05) is 13.6 Å². The van der Waals surface area contributed by atoms with Crippen LogP contribution in [0.5, 0.6) is 0 Å². The molecule has 0 bridgehead atoms. The summed E-state index contributed by atoms with van der Waals surface area (Å²) in [6.07, 6.45) is 1.39. The molecular formula is C12H18N2O3. The highest BCUT2D eigenvalue weighted by molar-refractivity contribution is 5.86. The van der Waals surface area contributed by atoms with E-state index >= 15 is 0 Å². The first-order valence-electron chi connectivity index (χ1n) is 5.69. The first-order valence-corrected chi connectivity index (χ1v) is 5.69. The maximum atomic E-state index is 12.1. The van der Waals surface area contributed by atoms with Gasteiger partial charge in [0.2, 0.25) is 5.91 Å². The molecule has 1 saturated carbocycles. The third-order valence-corrected chi connectivity index (χ3v) is 3.24. The summed E-state index contributed by atoms with van der Waals surface area (Å²) in [5, 5.41) is 9.11. The van der Waals surface area contributed by atoms with Crippen LogP contribution >= 0.6 is 0 Å². The summed E-state index contributed by atoms with van der Waals surface area (Å²) in [6, 6.07) is 2.12. The highest BCUT2D eigenvalue weighted by Crippen LogP contribution is 2.46. The van der Waals surface area contributed by atoms with Crippen LogP contribution in [-0.2, 0) is 14.3 Å². The second-order valence-electron chi connectivity index (χ2n) is 4.76. The highest BCUT2D eigenvalue weighted by Gasteiger charge is 2.50. The number of rotatable bonds is 4. The minimum absolute atomic E-state index is 0.163. The summed E-state index contributed by atoms with van der Waals surface area (Å²) < 4.78 is 4.51. The molecule has 1 amide bonds. The minimum Gasteiger partial charge on any atom is -0.469 e. The number of nitriles is 1. The van der Waals surface area contributed by atoms with Crippen LogP contribution in [0, 0.1) is 22.7 Å². The molecule has 1 rings (SSSR count). The van der Waals surface area contributed by atoms with Crippen LogP contribution in [0.3, 0.4) is 0 Å². The molecule has 1 aliphatic carbocycles. The molecule has 0 aromatic rings. The van der Waals surface area contributed by atoms with Crippen LogP contribution in [0.2, 0.25) is 0 Å². The molecule has 1 aliphatic rings. The highest BCUT2D eigenvalue weighted by atomic mass is 16.5. The Bertz CT molecular complexity index is 353. The number of nitrogens with zero attached hydrogens (tertiary/aromatic N) is 2. The molecule has 17 heavy (non-hydrogen) atoms. The maximum absolute atomic E-state index is 12.1. The topological polar surface area (TPSA) is 70.4 Å². The zero-order valence-corrected chi connectivity index (χ0v) is 10.5. The summed E-state index contributed by atoms with van der Waals surface area (Å²) in [5.41, 5.74) is -0.857. The monoisotopic (exact) mass is 238 g/mol. The fourth-order valence-corrected chi connectivity index (χ4v) is 2.27. The lowest BCUT2D eigenvalue weighted by molar-refractivity contribution is -0.146. The van der Waals surface area contributed by atoms with Gasteiger partial charge in [-0.25, -0.2) is 0 Å². The number of ether oxygens (including phenoxy) is 1. The Balaban J connectivity index is 2.52. The molecule has 0 N–H and O–H groups in total. The molecule has 0 atom stereocenters. The van der Waals surface area contributed by atoms with Crippen LogP contribution in [0.4, 0.5) is 0 Å². The van der Waals surface area contributed by atoms with Gasteiger partial charge in [-0.15, -0.1) is 0 Å². The van der Waals surface area contributed by atoms with Crippen LogP contribution in [0.15, 0.2) is 0 Å². The van der Waals surface area contributed by atoms with E-state index in [-0.39, 0.29) is 18.3 Å². The summed E-state index contributed by atoms with van der Waals surface area (Å²) in [5.74, 6) is -0.104. The van der Waals surface area contributed by atoms with Gasteiger partial charge in [-0.2, -0.15) is 5.26 Å². The first-order chi connectivity index (χ1) is 7.95. The van der Waals surface area contributed by atoms with Gasteiger partial charge < -0.3 is 9.64 Å². The van der Waals surface area contributed by atoms with Crippen molar-refractivity contribution in [3.63, 3.8) is 0 Å². The van der Waals surface area contributed by atoms with Crippen molar-refractivity contribution in [2.24, 2.45) is 11.3 Å².